The molecule has 1 atom stereocenters. The van der Waals surface area contributed by atoms with Gasteiger partial charge in [-0.2, -0.15) is 0 Å². The van der Waals surface area contributed by atoms with Crippen molar-refractivity contribution in [1.29, 1.82) is 0 Å². The minimum atomic E-state index is -0.541. The van der Waals surface area contributed by atoms with Crippen LogP contribution < -0.4 is 13.9 Å². The molecule has 0 N–H and O–H groups in total. The molecule has 11 rings (SSSR count). The van der Waals surface area contributed by atoms with Crippen LogP contribution in [0, 0.1) is 0 Å². The Morgan fingerprint density at radius 2 is 1.38 bits per heavy atom. The van der Waals surface area contributed by atoms with E-state index in [4.69, 9.17) is 9.15 Å². The molecule has 0 amide bonds. The van der Waals surface area contributed by atoms with Crippen molar-refractivity contribution in [3.63, 3.8) is 0 Å². The van der Waals surface area contributed by atoms with Gasteiger partial charge in [-0.3, -0.25) is 0 Å². The van der Waals surface area contributed by atoms with Crippen LogP contribution in [0.1, 0.15) is 11.1 Å². The number of ether oxygens (including phenoxy) is 1. The zero-order valence-electron chi connectivity index (χ0n) is 20.6. The number of hydrogen-bond donors (Lipinski definition) is 0. The summed E-state index contributed by atoms with van der Waals surface area (Å²) >= 11 is 0. The maximum atomic E-state index is 6.69. The third-order valence-electron chi connectivity index (χ3n) is 9.27. The largest absolute Gasteiger partial charge is 0.456 e. The lowest BCUT2D eigenvalue weighted by atomic mass is 9.85. The molecular weight excluding hydrogens is 480 g/mol. The summed E-state index contributed by atoms with van der Waals surface area (Å²) in [7, 11) is 0. The zero-order chi connectivity index (χ0) is 25.0. The van der Waals surface area contributed by atoms with Crippen molar-refractivity contribution < 1.29 is 18.3 Å². The second-order valence-electron chi connectivity index (χ2n) is 10.9. The van der Waals surface area contributed by atoms with E-state index in [0.717, 1.165) is 33.4 Å². The predicted molar refractivity (Wildman–Crippen MR) is 150 cm³/mol. The van der Waals surface area contributed by atoms with Crippen LogP contribution in [-0.4, -0.2) is 0 Å². The van der Waals surface area contributed by atoms with E-state index in [1.54, 1.807) is 0 Å². The number of nitrogens with zero attached hydrogens (tertiary/aromatic N) is 2. The maximum Gasteiger partial charge on any atom is 0.425 e. The Morgan fingerprint density at radius 3 is 2.38 bits per heavy atom. The van der Waals surface area contributed by atoms with Crippen molar-refractivity contribution >= 4 is 54.4 Å². The molecule has 0 aliphatic carbocycles. The molecule has 4 heteroatoms. The molecule has 6 heterocycles. The monoisotopic (exact) mass is 498 g/mol. The first-order valence-electron chi connectivity index (χ1n) is 13.4. The highest BCUT2D eigenvalue weighted by molar-refractivity contribution is 6.28. The molecule has 1 spiro atoms. The van der Waals surface area contributed by atoms with Gasteiger partial charge in [0.25, 0.3) is 0 Å². The number of pyridine rings is 2. The Bertz CT molecular complexity index is 2490. The van der Waals surface area contributed by atoms with Crippen molar-refractivity contribution in [2.75, 3.05) is 0 Å². The molecule has 39 heavy (non-hydrogen) atoms. The average Bonchev–Trinajstić information content (AvgIpc) is 3.61. The van der Waals surface area contributed by atoms with Gasteiger partial charge in [-0.1, -0.05) is 24.3 Å². The van der Waals surface area contributed by atoms with Gasteiger partial charge in [0.05, 0.1) is 16.3 Å². The molecule has 8 aromatic rings. The van der Waals surface area contributed by atoms with Crippen molar-refractivity contribution in [3.05, 3.63) is 121 Å². The van der Waals surface area contributed by atoms with Crippen molar-refractivity contribution in [2.24, 2.45) is 0 Å². The van der Waals surface area contributed by atoms with Gasteiger partial charge >= 0.3 is 5.66 Å². The number of para-hydroxylation sites is 1. The van der Waals surface area contributed by atoms with E-state index in [1.807, 2.05) is 6.07 Å². The van der Waals surface area contributed by atoms with Crippen LogP contribution >= 0.6 is 0 Å². The lowest BCUT2D eigenvalue weighted by Gasteiger charge is -2.25. The van der Waals surface area contributed by atoms with Gasteiger partial charge in [0.2, 0.25) is 11.2 Å². The molecule has 3 aliphatic heterocycles. The Hall–Kier alpha value is -5.22. The minimum absolute atomic E-state index is 0.541. The van der Waals surface area contributed by atoms with Gasteiger partial charge in [0.15, 0.2) is 23.5 Å². The lowest BCUT2D eigenvalue weighted by molar-refractivity contribution is -0.950. The Labute approximate surface area is 221 Å². The average molecular weight is 499 g/mol. The highest BCUT2D eigenvalue weighted by Gasteiger charge is 2.70. The van der Waals surface area contributed by atoms with Gasteiger partial charge in [0, 0.05) is 29.0 Å². The van der Waals surface area contributed by atoms with Gasteiger partial charge in [0.1, 0.15) is 22.7 Å². The van der Waals surface area contributed by atoms with E-state index < -0.39 is 5.66 Å². The molecule has 3 aromatic heterocycles. The van der Waals surface area contributed by atoms with Crippen molar-refractivity contribution in [2.45, 2.75) is 5.66 Å². The Kier molecular flexibility index (Phi) is 2.87. The van der Waals surface area contributed by atoms with E-state index in [1.165, 1.54) is 54.8 Å². The third kappa shape index (κ3) is 1.84. The summed E-state index contributed by atoms with van der Waals surface area (Å²) in [6.45, 7) is 0. The van der Waals surface area contributed by atoms with Gasteiger partial charge in [-0.15, -0.1) is 9.13 Å². The van der Waals surface area contributed by atoms with E-state index in [2.05, 4.69) is 113 Å². The van der Waals surface area contributed by atoms with Crippen molar-refractivity contribution in [1.82, 2.24) is 0 Å². The molecule has 3 aliphatic rings. The molecule has 178 valence electrons. The van der Waals surface area contributed by atoms with E-state index in [0.29, 0.717) is 0 Å². The number of hydrogen-bond acceptors (Lipinski definition) is 2. The van der Waals surface area contributed by atoms with Crippen LogP contribution in [-0.2, 0) is 5.66 Å². The highest BCUT2D eigenvalue weighted by atomic mass is 16.5. The molecule has 0 saturated carbocycles. The first kappa shape index (κ1) is 18.9. The van der Waals surface area contributed by atoms with E-state index in [9.17, 15) is 0 Å². The number of fused-ring (bicyclic) bond motifs is 8. The highest BCUT2D eigenvalue weighted by Crippen LogP contribution is 2.57. The smallest absolute Gasteiger partial charge is 0.425 e. The van der Waals surface area contributed by atoms with Crippen LogP contribution in [0.25, 0.3) is 65.6 Å². The fourth-order valence-corrected chi connectivity index (χ4v) is 7.93. The van der Waals surface area contributed by atoms with E-state index in [-0.39, 0.29) is 0 Å². The van der Waals surface area contributed by atoms with E-state index >= 15 is 0 Å². The number of furan rings is 1. The predicted octanol–water partition coefficient (Wildman–Crippen LogP) is 7.32. The summed E-state index contributed by atoms with van der Waals surface area (Å²) in [5, 5.41) is 8.48. The number of rotatable bonds is 0. The first-order chi connectivity index (χ1) is 19.3. The molecule has 0 radical (unpaired) electrons. The third-order valence-corrected chi connectivity index (χ3v) is 9.27. The lowest BCUT2D eigenvalue weighted by Crippen LogP contribution is -2.71. The molecule has 0 bridgehead atoms. The van der Waals surface area contributed by atoms with Gasteiger partial charge < -0.3 is 9.15 Å². The van der Waals surface area contributed by atoms with Crippen LogP contribution in [0.5, 0.6) is 11.5 Å². The topological polar surface area (TPSA) is 30.1 Å². The number of benzene rings is 5. The zero-order valence-corrected chi connectivity index (χ0v) is 20.6. The van der Waals surface area contributed by atoms with Crippen LogP contribution in [0.2, 0.25) is 0 Å². The summed E-state index contributed by atoms with van der Waals surface area (Å²) in [4.78, 5) is 0. The normalized spacial score (nSPS) is 17.5. The SMILES string of the molecule is c1cc2c3c(c1)-c1cccc[n+]1C31c3c(ccc4c5cc6oc7ccccc7c6cc5c5ccc[n+]1c5c34)O2. The van der Waals surface area contributed by atoms with Crippen LogP contribution in [0.15, 0.2) is 114 Å². The Balaban J connectivity index is 1.43. The Morgan fingerprint density at radius 1 is 0.538 bits per heavy atom. The van der Waals surface area contributed by atoms with Gasteiger partial charge in [-0.05, 0) is 70.8 Å². The van der Waals surface area contributed by atoms with Gasteiger partial charge in [-0.25, -0.2) is 0 Å². The summed E-state index contributed by atoms with van der Waals surface area (Å²) in [6.07, 6.45) is 4.48. The number of aromatic nitrogens is 2. The van der Waals surface area contributed by atoms with Crippen LogP contribution in [0.3, 0.4) is 0 Å². The summed E-state index contributed by atoms with van der Waals surface area (Å²) in [5.41, 5.74) is 7.41. The quantitative estimate of drug-likeness (QED) is 0.162. The molecule has 4 nitrogen and oxygen atoms in total. The standard InChI is InChI=1S/C35H18N2O2/c1-2-11-27-19(7-1)25-17-23-21-9-6-16-37-34(21)31-20(24(23)18-30(25)38-27)13-14-29-33(31)35(37)32-22(8-5-12-28(32)39-29)26-10-3-4-15-36(26)35/h1-18H/q+2. The molecule has 0 saturated heterocycles. The fraction of sp³-hybridized carbons (Fsp3) is 0.0286. The minimum Gasteiger partial charge on any atom is -0.456 e. The maximum absolute atomic E-state index is 6.69. The second-order valence-corrected chi connectivity index (χ2v) is 10.9. The molecule has 5 aromatic carbocycles. The molecule has 0 fully saturated rings. The first-order valence-corrected chi connectivity index (χ1v) is 13.4. The summed E-state index contributed by atoms with van der Waals surface area (Å²) in [5.74, 6) is 1.85. The fourth-order valence-electron chi connectivity index (χ4n) is 7.93. The molecule has 1 unspecified atom stereocenters. The summed E-state index contributed by atoms with van der Waals surface area (Å²) < 4.78 is 18.0. The second kappa shape index (κ2) is 5.92. The van der Waals surface area contributed by atoms with Crippen LogP contribution in [0.4, 0.5) is 0 Å². The summed E-state index contributed by atoms with van der Waals surface area (Å²) in [6, 6.07) is 34.7. The molecular formula is C35H18N2O2+2. The van der Waals surface area contributed by atoms with Crippen molar-refractivity contribution in [3.8, 4) is 22.8 Å².